The van der Waals surface area contributed by atoms with Gasteiger partial charge in [0.1, 0.15) is 0 Å². The first-order valence-electron chi connectivity index (χ1n) is 10.2. The van der Waals surface area contributed by atoms with Crippen LogP contribution in [-0.4, -0.2) is 4.98 Å². The molecule has 1 nitrogen and oxygen atoms in total. The fourth-order valence-electron chi connectivity index (χ4n) is 3.84. The average Bonchev–Trinajstić information content (AvgIpc) is 2.83. The van der Waals surface area contributed by atoms with Crippen LogP contribution in [0.5, 0.6) is 0 Å². The number of aromatic nitrogens is 1. The second kappa shape index (κ2) is 7.97. The first kappa shape index (κ1) is 20.0. The van der Waals surface area contributed by atoms with Gasteiger partial charge in [0.15, 0.2) is 0 Å². The minimum absolute atomic E-state index is 0.539. The van der Waals surface area contributed by atoms with Crippen molar-refractivity contribution >= 4 is 10.8 Å². The zero-order valence-electron chi connectivity index (χ0n) is 17.0. The van der Waals surface area contributed by atoms with E-state index in [4.69, 9.17) is 0 Å². The van der Waals surface area contributed by atoms with E-state index < -0.39 is 11.7 Å². The van der Waals surface area contributed by atoms with Gasteiger partial charge in [0, 0.05) is 11.8 Å². The Morgan fingerprint density at radius 3 is 1.84 bits per heavy atom. The van der Waals surface area contributed by atoms with E-state index in [1.54, 1.807) is 12.3 Å². The molecule has 0 aliphatic heterocycles. The quantitative estimate of drug-likeness (QED) is 0.284. The molecule has 0 amide bonds. The van der Waals surface area contributed by atoms with Crippen molar-refractivity contribution in [2.45, 2.75) is 6.18 Å². The lowest BCUT2D eigenvalue weighted by molar-refractivity contribution is -0.137. The van der Waals surface area contributed by atoms with Gasteiger partial charge in [-0.15, -0.1) is 0 Å². The Labute approximate surface area is 183 Å². The van der Waals surface area contributed by atoms with E-state index in [0.717, 1.165) is 39.3 Å². The van der Waals surface area contributed by atoms with Gasteiger partial charge >= 0.3 is 6.18 Å². The molecule has 1 heterocycles. The van der Waals surface area contributed by atoms with Gasteiger partial charge in [-0.25, -0.2) is 0 Å². The standard InChI is InChI=1S/C28H18F3N/c29-28(30,31)26-13-12-22-10-11-24(16-25(22)17-26)27-18-23(14-15-32-27)21-8-6-20(7-9-21)19-4-2-1-3-5-19/h1-18H. The van der Waals surface area contributed by atoms with Crippen molar-refractivity contribution in [2.75, 3.05) is 0 Å². The highest BCUT2D eigenvalue weighted by molar-refractivity contribution is 5.88. The first-order chi connectivity index (χ1) is 15.5. The van der Waals surface area contributed by atoms with E-state index in [0.29, 0.717) is 11.1 Å². The van der Waals surface area contributed by atoms with Gasteiger partial charge in [-0.05, 0) is 63.4 Å². The number of nitrogens with zero attached hydrogens (tertiary/aromatic N) is 1. The van der Waals surface area contributed by atoms with Crippen LogP contribution in [-0.2, 0) is 6.18 Å². The molecule has 156 valence electrons. The highest BCUT2D eigenvalue weighted by Crippen LogP contribution is 2.33. The number of benzene rings is 4. The zero-order valence-corrected chi connectivity index (χ0v) is 17.0. The lowest BCUT2D eigenvalue weighted by atomic mass is 9.98. The van der Waals surface area contributed by atoms with E-state index >= 15 is 0 Å². The van der Waals surface area contributed by atoms with E-state index in [9.17, 15) is 13.2 Å². The molecule has 0 unspecified atom stereocenters. The van der Waals surface area contributed by atoms with Crippen molar-refractivity contribution in [3.8, 4) is 33.5 Å². The SMILES string of the molecule is FC(F)(F)c1ccc2ccc(-c3cc(-c4ccc(-c5ccccc5)cc4)ccn3)cc2c1. The summed E-state index contributed by atoms with van der Waals surface area (Å²) in [7, 11) is 0. The summed E-state index contributed by atoms with van der Waals surface area (Å²) >= 11 is 0. The van der Waals surface area contributed by atoms with E-state index in [2.05, 4.69) is 41.4 Å². The summed E-state index contributed by atoms with van der Waals surface area (Å²) in [6, 6.07) is 31.6. The number of fused-ring (bicyclic) bond motifs is 1. The predicted molar refractivity (Wildman–Crippen MR) is 123 cm³/mol. The molecule has 0 spiro atoms. The molecule has 0 N–H and O–H groups in total. The summed E-state index contributed by atoms with van der Waals surface area (Å²) in [5, 5.41) is 1.30. The van der Waals surface area contributed by atoms with Crippen molar-refractivity contribution in [3.05, 3.63) is 115 Å². The van der Waals surface area contributed by atoms with Crippen LogP contribution in [0.4, 0.5) is 13.2 Å². The number of hydrogen-bond donors (Lipinski definition) is 0. The first-order valence-corrected chi connectivity index (χ1v) is 10.2. The number of alkyl halides is 3. The van der Waals surface area contributed by atoms with Gasteiger partial charge in [-0.1, -0.05) is 72.8 Å². The lowest BCUT2D eigenvalue weighted by Gasteiger charge is -2.10. The number of pyridine rings is 1. The minimum Gasteiger partial charge on any atom is -0.256 e. The van der Waals surface area contributed by atoms with Crippen LogP contribution in [0.1, 0.15) is 5.56 Å². The van der Waals surface area contributed by atoms with Crippen LogP contribution in [0, 0.1) is 0 Å². The lowest BCUT2D eigenvalue weighted by Crippen LogP contribution is -2.04. The molecule has 0 saturated heterocycles. The minimum atomic E-state index is -4.37. The molecule has 0 aliphatic rings. The van der Waals surface area contributed by atoms with Gasteiger partial charge in [0.2, 0.25) is 0 Å². The van der Waals surface area contributed by atoms with Gasteiger partial charge in [-0.2, -0.15) is 13.2 Å². The van der Waals surface area contributed by atoms with Crippen LogP contribution in [0.2, 0.25) is 0 Å². The van der Waals surface area contributed by atoms with Gasteiger partial charge < -0.3 is 0 Å². The molecule has 0 bridgehead atoms. The third-order valence-electron chi connectivity index (χ3n) is 5.55. The topological polar surface area (TPSA) is 12.9 Å². The molecular formula is C28H18F3N. The van der Waals surface area contributed by atoms with Crippen LogP contribution in [0.3, 0.4) is 0 Å². The predicted octanol–water partition coefficient (Wildman–Crippen LogP) is 8.25. The van der Waals surface area contributed by atoms with E-state index in [1.807, 2.05) is 42.5 Å². The smallest absolute Gasteiger partial charge is 0.256 e. The van der Waals surface area contributed by atoms with Crippen LogP contribution >= 0.6 is 0 Å². The summed E-state index contributed by atoms with van der Waals surface area (Å²) in [6.45, 7) is 0. The average molecular weight is 425 g/mol. The third kappa shape index (κ3) is 4.00. The molecule has 5 rings (SSSR count). The Bertz CT molecular complexity index is 1390. The van der Waals surface area contributed by atoms with Crippen LogP contribution in [0.25, 0.3) is 44.3 Å². The van der Waals surface area contributed by atoms with Crippen molar-refractivity contribution in [1.82, 2.24) is 4.98 Å². The molecule has 0 aliphatic carbocycles. The Kier molecular flexibility index (Phi) is 4.98. The Hall–Kier alpha value is -3.92. The summed E-state index contributed by atoms with van der Waals surface area (Å²) < 4.78 is 39.3. The summed E-state index contributed by atoms with van der Waals surface area (Å²) in [5.74, 6) is 0. The number of rotatable bonds is 3. The number of hydrogen-bond acceptors (Lipinski definition) is 1. The molecule has 5 aromatic rings. The fourth-order valence-corrected chi connectivity index (χ4v) is 3.84. The molecule has 0 fully saturated rings. The maximum Gasteiger partial charge on any atom is 0.416 e. The highest BCUT2D eigenvalue weighted by Gasteiger charge is 2.30. The summed E-state index contributed by atoms with van der Waals surface area (Å²) in [5.41, 5.74) is 5.19. The maximum absolute atomic E-state index is 13.1. The van der Waals surface area contributed by atoms with Crippen molar-refractivity contribution < 1.29 is 13.2 Å². The molecule has 4 aromatic carbocycles. The molecule has 1 aromatic heterocycles. The summed E-state index contributed by atoms with van der Waals surface area (Å²) in [4.78, 5) is 4.46. The Morgan fingerprint density at radius 2 is 1.12 bits per heavy atom. The van der Waals surface area contributed by atoms with E-state index in [1.165, 1.54) is 12.1 Å². The number of halogens is 3. The molecule has 4 heteroatoms. The van der Waals surface area contributed by atoms with Crippen LogP contribution < -0.4 is 0 Å². The molecule has 32 heavy (non-hydrogen) atoms. The Morgan fingerprint density at radius 1 is 0.500 bits per heavy atom. The molecule has 0 saturated carbocycles. The van der Waals surface area contributed by atoms with Gasteiger partial charge in [0.25, 0.3) is 0 Å². The molecular weight excluding hydrogens is 407 g/mol. The van der Waals surface area contributed by atoms with E-state index in [-0.39, 0.29) is 0 Å². The van der Waals surface area contributed by atoms with Crippen molar-refractivity contribution in [1.29, 1.82) is 0 Å². The monoisotopic (exact) mass is 425 g/mol. The highest BCUT2D eigenvalue weighted by atomic mass is 19.4. The van der Waals surface area contributed by atoms with Crippen LogP contribution in [0.15, 0.2) is 109 Å². The van der Waals surface area contributed by atoms with Gasteiger partial charge in [0.05, 0.1) is 11.3 Å². The summed E-state index contributed by atoms with van der Waals surface area (Å²) in [6.07, 6.45) is -2.64. The van der Waals surface area contributed by atoms with Crippen molar-refractivity contribution in [2.24, 2.45) is 0 Å². The maximum atomic E-state index is 13.1. The molecule has 0 radical (unpaired) electrons. The second-order valence-corrected chi connectivity index (χ2v) is 7.65. The third-order valence-corrected chi connectivity index (χ3v) is 5.55. The van der Waals surface area contributed by atoms with Gasteiger partial charge in [-0.3, -0.25) is 4.98 Å². The molecule has 0 atom stereocenters. The van der Waals surface area contributed by atoms with Crippen molar-refractivity contribution in [3.63, 3.8) is 0 Å². The fraction of sp³-hybridized carbons (Fsp3) is 0.0357. The largest absolute Gasteiger partial charge is 0.416 e. The Balaban J connectivity index is 1.49. The second-order valence-electron chi connectivity index (χ2n) is 7.65. The normalized spacial score (nSPS) is 11.6. The zero-order chi connectivity index (χ0) is 22.1.